The topological polar surface area (TPSA) is 88.2 Å². The van der Waals surface area contributed by atoms with Crippen molar-refractivity contribution < 1.29 is 13.2 Å². The Balaban J connectivity index is 1.68. The summed E-state index contributed by atoms with van der Waals surface area (Å²) in [5.74, 6) is -0.254. The second kappa shape index (κ2) is 8.15. The van der Waals surface area contributed by atoms with Crippen molar-refractivity contribution in [1.29, 1.82) is 0 Å². The van der Waals surface area contributed by atoms with E-state index in [1.165, 1.54) is 29.7 Å². The van der Waals surface area contributed by atoms with E-state index in [0.717, 1.165) is 5.56 Å². The van der Waals surface area contributed by atoms with E-state index in [1.807, 2.05) is 30.3 Å². The number of hydrogen-bond donors (Lipinski definition) is 2. The molecule has 8 heteroatoms. The molecule has 0 aliphatic carbocycles. The van der Waals surface area contributed by atoms with Crippen LogP contribution in [0.2, 0.25) is 0 Å². The van der Waals surface area contributed by atoms with E-state index in [2.05, 4.69) is 15.0 Å². The molecule has 0 aliphatic heterocycles. The molecule has 3 rings (SSSR count). The predicted molar refractivity (Wildman–Crippen MR) is 108 cm³/mol. The van der Waals surface area contributed by atoms with Crippen LogP contribution in [0.3, 0.4) is 0 Å². The summed E-state index contributed by atoms with van der Waals surface area (Å²) in [5, 5.41) is 4.74. The highest BCUT2D eigenvalue weighted by Gasteiger charge is 2.15. The molecule has 0 aliphatic rings. The second-order valence-corrected chi connectivity index (χ2v) is 8.24. The number of hydrogen-bond acceptors (Lipinski definition) is 5. The van der Waals surface area contributed by atoms with Crippen molar-refractivity contribution in [2.75, 3.05) is 10.0 Å². The Kier molecular flexibility index (Phi) is 5.68. The van der Waals surface area contributed by atoms with Gasteiger partial charge in [-0.15, -0.1) is 11.3 Å². The molecule has 1 amide bonds. The minimum absolute atomic E-state index is 0.0900. The summed E-state index contributed by atoms with van der Waals surface area (Å²) in [4.78, 5) is 16.3. The summed E-state index contributed by atoms with van der Waals surface area (Å²) in [7, 11) is -3.71. The van der Waals surface area contributed by atoms with Crippen molar-refractivity contribution in [3.05, 3.63) is 77.3 Å². The van der Waals surface area contributed by atoms with E-state index in [9.17, 15) is 13.2 Å². The second-order valence-electron chi connectivity index (χ2n) is 5.66. The fourth-order valence-corrected chi connectivity index (χ4v) is 4.05. The number of sulfonamides is 1. The van der Waals surface area contributed by atoms with Gasteiger partial charge in [-0.05, 0) is 42.8 Å². The molecular formula is C19H17N3O3S2. The Bertz CT molecular complexity index is 1040. The van der Waals surface area contributed by atoms with Crippen molar-refractivity contribution in [1.82, 2.24) is 4.98 Å². The first kappa shape index (κ1) is 18.8. The molecule has 2 aromatic carbocycles. The molecule has 2 N–H and O–H groups in total. The molecule has 0 unspecified atom stereocenters. The van der Waals surface area contributed by atoms with Gasteiger partial charge >= 0.3 is 0 Å². The SMILES string of the molecule is CC(=Cc1ccccc1)C(=O)Nc1ccc(S(=O)(=O)Nc2nccs2)cc1. The Morgan fingerprint density at radius 3 is 2.41 bits per heavy atom. The Morgan fingerprint density at radius 2 is 1.78 bits per heavy atom. The number of carbonyl (C=O) groups excluding carboxylic acids is 1. The Morgan fingerprint density at radius 1 is 1.07 bits per heavy atom. The van der Waals surface area contributed by atoms with Crippen LogP contribution in [0.15, 0.2) is 76.6 Å². The van der Waals surface area contributed by atoms with E-state index >= 15 is 0 Å². The standard InChI is InChI=1S/C19H17N3O3S2/c1-14(13-15-5-3-2-4-6-15)18(23)21-16-7-9-17(10-8-16)27(24,25)22-19-20-11-12-26-19/h2-13H,1H3,(H,20,22)(H,21,23). The molecule has 0 saturated heterocycles. The molecular weight excluding hydrogens is 382 g/mol. The monoisotopic (exact) mass is 399 g/mol. The highest BCUT2D eigenvalue weighted by atomic mass is 32.2. The summed E-state index contributed by atoms with van der Waals surface area (Å²) in [6, 6.07) is 15.5. The van der Waals surface area contributed by atoms with Gasteiger partial charge in [0.15, 0.2) is 5.13 Å². The van der Waals surface area contributed by atoms with Crippen molar-refractivity contribution in [2.45, 2.75) is 11.8 Å². The third-order valence-electron chi connectivity index (χ3n) is 3.62. The maximum Gasteiger partial charge on any atom is 0.263 e. The molecule has 0 atom stereocenters. The quantitative estimate of drug-likeness (QED) is 0.614. The van der Waals surface area contributed by atoms with E-state index < -0.39 is 10.0 Å². The number of thiazole rings is 1. The lowest BCUT2D eigenvalue weighted by molar-refractivity contribution is -0.112. The average molecular weight is 399 g/mol. The Hall–Kier alpha value is -2.97. The molecule has 138 valence electrons. The van der Waals surface area contributed by atoms with Crippen molar-refractivity contribution >= 4 is 44.2 Å². The first-order valence-electron chi connectivity index (χ1n) is 8.01. The summed E-state index contributed by atoms with van der Waals surface area (Å²) >= 11 is 1.20. The fraction of sp³-hybridized carbons (Fsp3) is 0.0526. The highest BCUT2D eigenvalue weighted by Crippen LogP contribution is 2.20. The zero-order valence-corrected chi connectivity index (χ0v) is 16.0. The zero-order valence-electron chi connectivity index (χ0n) is 14.4. The minimum atomic E-state index is -3.71. The number of aromatic nitrogens is 1. The number of benzene rings is 2. The van der Waals surface area contributed by atoms with Gasteiger partial charge in [0.2, 0.25) is 0 Å². The molecule has 6 nitrogen and oxygen atoms in total. The Labute approximate surface area is 161 Å². The first-order chi connectivity index (χ1) is 12.9. The number of carbonyl (C=O) groups is 1. The van der Waals surface area contributed by atoms with Crippen LogP contribution in [0.25, 0.3) is 6.08 Å². The number of rotatable bonds is 6. The lowest BCUT2D eigenvalue weighted by Crippen LogP contribution is -2.14. The van der Waals surface area contributed by atoms with E-state index in [0.29, 0.717) is 16.4 Å². The van der Waals surface area contributed by atoms with Crippen molar-refractivity contribution in [2.24, 2.45) is 0 Å². The predicted octanol–water partition coefficient (Wildman–Crippen LogP) is 3.99. The molecule has 0 bridgehead atoms. The van der Waals surface area contributed by atoms with Crippen LogP contribution in [-0.4, -0.2) is 19.3 Å². The normalized spacial score (nSPS) is 11.8. The smallest absolute Gasteiger partial charge is 0.263 e. The zero-order chi connectivity index (χ0) is 19.3. The number of anilines is 2. The van der Waals surface area contributed by atoms with Gasteiger partial charge < -0.3 is 5.32 Å². The first-order valence-corrected chi connectivity index (χ1v) is 10.4. The van der Waals surface area contributed by atoms with Crippen molar-refractivity contribution in [3.8, 4) is 0 Å². The van der Waals surface area contributed by atoms with E-state index in [1.54, 1.807) is 30.5 Å². The van der Waals surface area contributed by atoms with Gasteiger partial charge in [0.05, 0.1) is 4.90 Å². The van der Waals surface area contributed by atoms with Crippen LogP contribution in [0.1, 0.15) is 12.5 Å². The fourth-order valence-electron chi connectivity index (χ4n) is 2.26. The van der Waals surface area contributed by atoms with Crippen LogP contribution in [0, 0.1) is 0 Å². The van der Waals surface area contributed by atoms with Crippen LogP contribution < -0.4 is 10.0 Å². The molecule has 0 radical (unpaired) electrons. The number of nitrogens with one attached hydrogen (secondary N) is 2. The van der Waals surface area contributed by atoms with Crippen molar-refractivity contribution in [3.63, 3.8) is 0 Å². The number of amides is 1. The van der Waals surface area contributed by atoms with E-state index in [-0.39, 0.29) is 10.8 Å². The number of nitrogens with zero attached hydrogens (tertiary/aromatic N) is 1. The molecule has 1 aromatic heterocycles. The largest absolute Gasteiger partial charge is 0.322 e. The molecule has 0 spiro atoms. The van der Waals surface area contributed by atoms with E-state index in [4.69, 9.17) is 0 Å². The molecule has 3 aromatic rings. The third kappa shape index (κ3) is 5.02. The van der Waals surface area contributed by atoms with Gasteiger partial charge in [0.25, 0.3) is 15.9 Å². The maximum absolute atomic E-state index is 12.3. The van der Waals surface area contributed by atoms with Gasteiger partial charge in [-0.3, -0.25) is 9.52 Å². The van der Waals surface area contributed by atoms with Crippen LogP contribution in [0.4, 0.5) is 10.8 Å². The van der Waals surface area contributed by atoms with Crippen LogP contribution in [0.5, 0.6) is 0 Å². The van der Waals surface area contributed by atoms with Gasteiger partial charge in [0, 0.05) is 22.8 Å². The van der Waals surface area contributed by atoms with Crippen LogP contribution in [-0.2, 0) is 14.8 Å². The summed E-state index contributed by atoms with van der Waals surface area (Å²) in [6.07, 6.45) is 3.30. The highest BCUT2D eigenvalue weighted by molar-refractivity contribution is 7.93. The third-order valence-corrected chi connectivity index (χ3v) is 5.79. The molecule has 0 fully saturated rings. The summed E-state index contributed by atoms with van der Waals surface area (Å²) in [5.41, 5.74) is 1.98. The lowest BCUT2D eigenvalue weighted by Gasteiger charge is -2.08. The van der Waals surface area contributed by atoms with Gasteiger partial charge in [0.1, 0.15) is 0 Å². The summed E-state index contributed by atoms with van der Waals surface area (Å²) in [6.45, 7) is 1.72. The van der Waals surface area contributed by atoms with Crippen LogP contribution >= 0.6 is 11.3 Å². The van der Waals surface area contributed by atoms with Gasteiger partial charge in [-0.1, -0.05) is 30.3 Å². The minimum Gasteiger partial charge on any atom is -0.322 e. The van der Waals surface area contributed by atoms with Gasteiger partial charge in [-0.2, -0.15) is 0 Å². The molecule has 27 heavy (non-hydrogen) atoms. The summed E-state index contributed by atoms with van der Waals surface area (Å²) < 4.78 is 27.0. The maximum atomic E-state index is 12.3. The molecule has 1 heterocycles. The lowest BCUT2D eigenvalue weighted by atomic mass is 10.1. The van der Waals surface area contributed by atoms with Gasteiger partial charge in [-0.25, -0.2) is 13.4 Å². The molecule has 0 saturated carbocycles. The average Bonchev–Trinajstić information content (AvgIpc) is 3.15.